The summed E-state index contributed by atoms with van der Waals surface area (Å²) >= 11 is 0. The van der Waals surface area contributed by atoms with Gasteiger partial charge < -0.3 is 9.15 Å². The Kier molecular flexibility index (Phi) is 14.3. The van der Waals surface area contributed by atoms with Crippen LogP contribution in [0.15, 0.2) is 15.3 Å². The van der Waals surface area contributed by atoms with Crippen LogP contribution >= 0.6 is 0 Å². The zero-order valence-electron chi connectivity index (χ0n) is 19.0. The third kappa shape index (κ3) is 10.7. The molecule has 0 aromatic carbocycles. The minimum Gasteiger partial charge on any atom is -0.496 e. The molecule has 0 spiro atoms. The van der Waals surface area contributed by atoms with E-state index in [2.05, 4.69) is 13.8 Å². The Morgan fingerprint density at radius 3 is 1.90 bits per heavy atom. The van der Waals surface area contributed by atoms with Crippen molar-refractivity contribution in [1.82, 2.24) is 0 Å². The second-order valence-electron chi connectivity index (χ2n) is 8.11. The van der Waals surface area contributed by atoms with Gasteiger partial charge in [0.1, 0.15) is 17.1 Å². The molecule has 0 saturated heterocycles. The van der Waals surface area contributed by atoms with Crippen molar-refractivity contribution in [1.29, 1.82) is 0 Å². The summed E-state index contributed by atoms with van der Waals surface area (Å²) in [4.78, 5) is 24.9. The lowest BCUT2D eigenvalue weighted by molar-refractivity contribution is 0.0971. The maximum absolute atomic E-state index is 12.5. The van der Waals surface area contributed by atoms with Crippen LogP contribution in [0.3, 0.4) is 0 Å². The molecular formula is C25H42O4. The predicted octanol–water partition coefficient (Wildman–Crippen LogP) is 7.26. The van der Waals surface area contributed by atoms with Gasteiger partial charge in [0.05, 0.1) is 7.11 Å². The summed E-state index contributed by atoms with van der Waals surface area (Å²) in [6.07, 6.45) is 17.6. The molecule has 0 aliphatic heterocycles. The molecule has 0 aliphatic carbocycles. The molecule has 0 saturated carbocycles. The number of hydrogen-bond acceptors (Lipinski definition) is 4. The average molecular weight is 407 g/mol. The molecule has 0 bridgehead atoms. The minimum atomic E-state index is -0.546. The van der Waals surface area contributed by atoms with E-state index in [1.54, 1.807) is 6.07 Å². The van der Waals surface area contributed by atoms with E-state index < -0.39 is 5.63 Å². The lowest BCUT2D eigenvalue weighted by Gasteiger charge is -2.09. The number of unbranched alkanes of at least 4 members (excludes halogenated alkanes) is 12. The van der Waals surface area contributed by atoms with Crippen LogP contribution in [-0.2, 0) is 6.42 Å². The number of carbonyl (C=O) groups is 1. The number of ether oxygens (including phenoxy) is 1. The molecule has 166 valence electrons. The van der Waals surface area contributed by atoms with E-state index in [-0.39, 0.29) is 11.3 Å². The highest BCUT2D eigenvalue weighted by atomic mass is 16.5. The number of hydrogen-bond donors (Lipinski definition) is 0. The first-order chi connectivity index (χ1) is 14.1. The first-order valence-corrected chi connectivity index (χ1v) is 11.9. The van der Waals surface area contributed by atoms with E-state index in [9.17, 15) is 9.59 Å². The lowest BCUT2D eigenvalue weighted by atomic mass is 10.0. The Hall–Kier alpha value is -1.58. The van der Waals surface area contributed by atoms with Crippen LogP contribution in [0.5, 0.6) is 5.75 Å². The molecule has 0 unspecified atom stereocenters. The summed E-state index contributed by atoms with van der Waals surface area (Å²) in [5, 5.41) is 0. The summed E-state index contributed by atoms with van der Waals surface area (Å²) in [7, 11) is 1.51. The van der Waals surface area contributed by atoms with Gasteiger partial charge in [-0.1, -0.05) is 90.9 Å². The maximum atomic E-state index is 12.5. The Bertz CT molecular complexity index is 618. The fraction of sp³-hybridized carbons (Fsp3) is 0.760. The summed E-state index contributed by atoms with van der Waals surface area (Å²) in [5.74, 6) is 0.826. The zero-order chi connectivity index (χ0) is 21.3. The van der Waals surface area contributed by atoms with Gasteiger partial charge in [0, 0.05) is 18.9 Å². The summed E-state index contributed by atoms with van der Waals surface area (Å²) in [5.41, 5.74) is -0.461. The van der Waals surface area contributed by atoms with Gasteiger partial charge in [0.25, 0.3) is 0 Å². The normalized spacial score (nSPS) is 11.0. The van der Waals surface area contributed by atoms with Crippen molar-refractivity contribution in [2.24, 2.45) is 0 Å². The number of Topliss-reactive ketones (excluding diaryl/α,β-unsaturated/α-hetero) is 1. The molecular weight excluding hydrogens is 364 g/mol. The topological polar surface area (TPSA) is 56.5 Å². The van der Waals surface area contributed by atoms with Gasteiger partial charge in [-0.15, -0.1) is 0 Å². The van der Waals surface area contributed by atoms with Gasteiger partial charge in [0.15, 0.2) is 5.78 Å². The number of carbonyl (C=O) groups excluding carboxylic acids is 1. The quantitative estimate of drug-likeness (QED) is 0.190. The highest BCUT2D eigenvalue weighted by molar-refractivity contribution is 5.98. The molecule has 0 radical (unpaired) electrons. The number of aryl methyl sites for hydroxylation is 1. The molecule has 4 heteroatoms. The Morgan fingerprint density at radius 1 is 0.828 bits per heavy atom. The molecule has 0 atom stereocenters. The van der Waals surface area contributed by atoms with E-state index in [4.69, 9.17) is 9.15 Å². The first kappa shape index (κ1) is 25.5. The molecule has 1 aromatic rings. The summed E-state index contributed by atoms with van der Waals surface area (Å²) in [6, 6.07) is 1.73. The van der Waals surface area contributed by atoms with Gasteiger partial charge in [-0.05, 0) is 12.8 Å². The summed E-state index contributed by atoms with van der Waals surface area (Å²) < 4.78 is 10.8. The van der Waals surface area contributed by atoms with Crippen molar-refractivity contribution in [3.63, 3.8) is 0 Å². The monoisotopic (exact) mass is 406 g/mol. The second kappa shape index (κ2) is 16.2. The molecule has 1 heterocycles. The lowest BCUT2D eigenvalue weighted by Crippen LogP contribution is -2.17. The van der Waals surface area contributed by atoms with Crippen molar-refractivity contribution in [2.45, 2.75) is 117 Å². The zero-order valence-corrected chi connectivity index (χ0v) is 19.0. The average Bonchev–Trinajstić information content (AvgIpc) is 2.71. The molecule has 4 nitrogen and oxygen atoms in total. The van der Waals surface area contributed by atoms with E-state index in [1.807, 2.05) is 0 Å². The van der Waals surface area contributed by atoms with Crippen LogP contribution in [0.1, 0.15) is 126 Å². The first-order valence-electron chi connectivity index (χ1n) is 11.9. The van der Waals surface area contributed by atoms with Crippen LogP contribution < -0.4 is 10.4 Å². The smallest absolute Gasteiger partial charge is 0.350 e. The Morgan fingerprint density at radius 2 is 1.34 bits per heavy atom. The fourth-order valence-corrected chi connectivity index (χ4v) is 3.68. The molecule has 0 fully saturated rings. The third-order valence-corrected chi connectivity index (χ3v) is 5.50. The van der Waals surface area contributed by atoms with Gasteiger partial charge in [0.2, 0.25) is 0 Å². The highest BCUT2D eigenvalue weighted by Crippen LogP contribution is 2.21. The standard InChI is InChI=1S/C25H42O4/c1-4-6-8-10-12-14-16-18-21-20-23(28-3)24(25(27)29-21)22(26)19-17-15-13-11-9-7-5-2/h20H,4-19H2,1-3H3. The van der Waals surface area contributed by atoms with Crippen molar-refractivity contribution in [2.75, 3.05) is 7.11 Å². The van der Waals surface area contributed by atoms with Crippen LogP contribution in [0, 0.1) is 0 Å². The van der Waals surface area contributed by atoms with Crippen LogP contribution in [0.25, 0.3) is 0 Å². The molecule has 0 amide bonds. The Balaban J connectivity index is 2.46. The van der Waals surface area contributed by atoms with Gasteiger partial charge in [-0.2, -0.15) is 0 Å². The van der Waals surface area contributed by atoms with E-state index in [1.165, 1.54) is 64.9 Å². The number of methoxy groups -OCH3 is 1. The predicted molar refractivity (Wildman–Crippen MR) is 120 cm³/mol. The largest absolute Gasteiger partial charge is 0.496 e. The fourth-order valence-electron chi connectivity index (χ4n) is 3.68. The number of rotatable bonds is 18. The third-order valence-electron chi connectivity index (χ3n) is 5.50. The van der Waals surface area contributed by atoms with Crippen molar-refractivity contribution in [3.05, 3.63) is 27.8 Å². The molecule has 0 aliphatic rings. The maximum Gasteiger partial charge on any atom is 0.350 e. The minimum absolute atomic E-state index is 0.0850. The van der Waals surface area contributed by atoms with E-state index >= 15 is 0 Å². The van der Waals surface area contributed by atoms with Gasteiger partial charge in [-0.25, -0.2) is 4.79 Å². The second-order valence-corrected chi connectivity index (χ2v) is 8.11. The van der Waals surface area contributed by atoms with Gasteiger partial charge >= 0.3 is 5.63 Å². The van der Waals surface area contributed by atoms with E-state index in [0.29, 0.717) is 24.4 Å². The SMILES string of the molecule is CCCCCCCCCC(=O)c1c(OC)cc(CCCCCCCCC)oc1=O. The van der Waals surface area contributed by atoms with Crippen molar-refractivity contribution < 1.29 is 13.9 Å². The van der Waals surface area contributed by atoms with E-state index in [0.717, 1.165) is 32.1 Å². The number of ketones is 1. The van der Waals surface area contributed by atoms with Gasteiger partial charge in [-0.3, -0.25) is 4.79 Å². The Labute approximate surface area is 177 Å². The van der Waals surface area contributed by atoms with Crippen LogP contribution in [0.2, 0.25) is 0 Å². The molecule has 29 heavy (non-hydrogen) atoms. The van der Waals surface area contributed by atoms with Crippen molar-refractivity contribution >= 4 is 5.78 Å². The van der Waals surface area contributed by atoms with Crippen molar-refractivity contribution in [3.8, 4) is 5.75 Å². The molecule has 1 rings (SSSR count). The summed E-state index contributed by atoms with van der Waals surface area (Å²) in [6.45, 7) is 4.43. The van der Waals surface area contributed by atoms with Crippen LogP contribution in [-0.4, -0.2) is 12.9 Å². The highest BCUT2D eigenvalue weighted by Gasteiger charge is 2.19. The van der Waals surface area contributed by atoms with Crippen LogP contribution in [0.4, 0.5) is 0 Å². The molecule has 1 aromatic heterocycles. The molecule has 0 N–H and O–H groups in total.